The molecule has 1 N–H and O–H groups in total. The number of carbonyl (C=O) groups is 1. The zero-order chi connectivity index (χ0) is 10.6. The van der Waals surface area contributed by atoms with Gasteiger partial charge in [0.2, 0.25) is 5.91 Å². The van der Waals surface area contributed by atoms with Crippen molar-refractivity contribution in [1.82, 2.24) is 9.88 Å². The summed E-state index contributed by atoms with van der Waals surface area (Å²) in [6, 6.07) is 3.43. The minimum absolute atomic E-state index is 0.107. The van der Waals surface area contributed by atoms with Crippen LogP contribution in [0.4, 0.5) is 5.69 Å². The molecular formula is C9H12ClN3O. The average molecular weight is 214 g/mol. The quantitative estimate of drug-likeness (QED) is 0.769. The van der Waals surface area contributed by atoms with Crippen LogP contribution >= 0.6 is 11.6 Å². The highest BCUT2D eigenvalue weighted by Crippen LogP contribution is 2.16. The molecule has 14 heavy (non-hydrogen) atoms. The third-order valence-electron chi connectivity index (χ3n) is 1.49. The summed E-state index contributed by atoms with van der Waals surface area (Å²) in [6.07, 6.45) is 1.57. The van der Waals surface area contributed by atoms with Crippen molar-refractivity contribution in [3.63, 3.8) is 0 Å². The second-order valence-corrected chi connectivity index (χ2v) is 3.49. The Bertz CT molecular complexity index is 328. The van der Waals surface area contributed by atoms with Crippen LogP contribution in [0, 0.1) is 0 Å². The van der Waals surface area contributed by atoms with E-state index in [2.05, 4.69) is 10.3 Å². The Kier molecular flexibility index (Phi) is 3.85. The van der Waals surface area contributed by atoms with Crippen molar-refractivity contribution in [3.8, 4) is 0 Å². The van der Waals surface area contributed by atoms with Crippen molar-refractivity contribution in [1.29, 1.82) is 0 Å². The fourth-order valence-electron chi connectivity index (χ4n) is 0.956. The smallest absolute Gasteiger partial charge is 0.238 e. The van der Waals surface area contributed by atoms with Gasteiger partial charge in [0.1, 0.15) is 0 Å². The second-order valence-electron chi connectivity index (χ2n) is 3.13. The van der Waals surface area contributed by atoms with Gasteiger partial charge in [0.25, 0.3) is 0 Å². The second kappa shape index (κ2) is 4.93. The van der Waals surface area contributed by atoms with Crippen LogP contribution in [0.25, 0.3) is 0 Å². The van der Waals surface area contributed by atoms with Crippen LogP contribution in [0.5, 0.6) is 0 Å². The average Bonchev–Trinajstić information content (AvgIpc) is 2.07. The molecule has 76 valence electrons. The number of rotatable bonds is 3. The van der Waals surface area contributed by atoms with E-state index in [1.807, 2.05) is 14.1 Å². The summed E-state index contributed by atoms with van der Waals surface area (Å²) < 4.78 is 0. The molecule has 0 aromatic carbocycles. The van der Waals surface area contributed by atoms with E-state index in [0.717, 1.165) is 0 Å². The number of likely N-dealkylation sites (N-methyl/N-ethyl adjacent to an activating group) is 1. The first-order valence-corrected chi connectivity index (χ1v) is 4.52. The lowest BCUT2D eigenvalue weighted by atomic mass is 10.4. The van der Waals surface area contributed by atoms with Gasteiger partial charge < -0.3 is 10.2 Å². The molecular weight excluding hydrogens is 202 g/mol. The topological polar surface area (TPSA) is 45.2 Å². The van der Waals surface area contributed by atoms with E-state index in [-0.39, 0.29) is 5.91 Å². The SMILES string of the molecule is CN(C)CC(=O)Nc1cccnc1Cl. The third kappa shape index (κ3) is 3.32. The number of amides is 1. The Morgan fingerprint density at radius 1 is 1.64 bits per heavy atom. The monoisotopic (exact) mass is 213 g/mol. The van der Waals surface area contributed by atoms with Crippen molar-refractivity contribution >= 4 is 23.2 Å². The Balaban J connectivity index is 2.61. The molecule has 0 spiro atoms. The van der Waals surface area contributed by atoms with Gasteiger partial charge in [-0.05, 0) is 26.2 Å². The van der Waals surface area contributed by atoms with Gasteiger partial charge in [0, 0.05) is 6.20 Å². The van der Waals surface area contributed by atoms with Gasteiger partial charge in [0.05, 0.1) is 12.2 Å². The number of hydrogen-bond donors (Lipinski definition) is 1. The lowest BCUT2D eigenvalue weighted by Crippen LogP contribution is -2.27. The van der Waals surface area contributed by atoms with Gasteiger partial charge in [-0.15, -0.1) is 0 Å². The number of aromatic nitrogens is 1. The van der Waals surface area contributed by atoms with Gasteiger partial charge in [-0.25, -0.2) is 4.98 Å². The van der Waals surface area contributed by atoms with Crippen molar-refractivity contribution in [2.24, 2.45) is 0 Å². The first-order valence-electron chi connectivity index (χ1n) is 4.14. The molecule has 0 atom stereocenters. The zero-order valence-corrected chi connectivity index (χ0v) is 8.88. The first-order chi connectivity index (χ1) is 6.59. The maximum absolute atomic E-state index is 11.3. The van der Waals surface area contributed by atoms with Crippen molar-refractivity contribution < 1.29 is 4.79 Å². The molecule has 0 fully saturated rings. The first kappa shape index (κ1) is 10.9. The number of nitrogens with zero attached hydrogens (tertiary/aromatic N) is 2. The van der Waals surface area contributed by atoms with E-state index in [1.165, 1.54) is 0 Å². The molecule has 1 aromatic heterocycles. The van der Waals surface area contributed by atoms with Crippen molar-refractivity contribution in [2.75, 3.05) is 26.0 Å². The van der Waals surface area contributed by atoms with E-state index in [1.54, 1.807) is 23.2 Å². The molecule has 0 unspecified atom stereocenters. The molecule has 0 aliphatic carbocycles. The summed E-state index contributed by atoms with van der Waals surface area (Å²) in [6.45, 7) is 0.325. The molecule has 0 aliphatic rings. The molecule has 0 bridgehead atoms. The van der Waals surface area contributed by atoms with Gasteiger partial charge >= 0.3 is 0 Å². The summed E-state index contributed by atoms with van der Waals surface area (Å²) in [5.74, 6) is -0.107. The van der Waals surface area contributed by atoms with Gasteiger partial charge in [-0.1, -0.05) is 11.6 Å². The summed E-state index contributed by atoms with van der Waals surface area (Å²) in [4.78, 5) is 17.0. The number of carbonyl (C=O) groups excluding carboxylic acids is 1. The molecule has 1 rings (SSSR count). The maximum Gasteiger partial charge on any atom is 0.238 e. The predicted octanol–water partition coefficient (Wildman–Crippen LogP) is 1.24. The number of halogens is 1. The van der Waals surface area contributed by atoms with Crippen LogP contribution in [0.2, 0.25) is 5.15 Å². The van der Waals surface area contributed by atoms with E-state index in [9.17, 15) is 4.79 Å². The predicted molar refractivity (Wildman–Crippen MR) is 56.4 cm³/mol. The lowest BCUT2D eigenvalue weighted by Gasteiger charge is -2.10. The largest absolute Gasteiger partial charge is 0.322 e. The highest BCUT2D eigenvalue weighted by atomic mass is 35.5. The molecule has 1 amide bonds. The zero-order valence-electron chi connectivity index (χ0n) is 8.12. The standard InChI is InChI=1S/C9H12ClN3O/c1-13(2)6-8(14)12-7-4-3-5-11-9(7)10/h3-5H,6H2,1-2H3,(H,12,14). The van der Waals surface area contributed by atoms with Gasteiger partial charge in [-0.2, -0.15) is 0 Å². The summed E-state index contributed by atoms with van der Waals surface area (Å²) in [7, 11) is 3.65. The lowest BCUT2D eigenvalue weighted by molar-refractivity contribution is -0.116. The molecule has 1 aromatic rings. The summed E-state index contributed by atoms with van der Waals surface area (Å²) in [5.41, 5.74) is 0.543. The number of anilines is 1. The number of hydrogen-bond acceptors (Lipinski definition) is 3. The molecule has 0 saturated heterocycles. The van der Waals surface area contributed by atoms with E-state index in [0.29, 0.717) is 17.4 Å². The molecule has 0 saturated carbocycles. The fourth-order valence-corrected chi connectivity index (χ4v) is 1.12. The van der Waals surface area contributed by atoms with Crippen LogP contribution in [0.15, 0.2) is 18.3 Å². The number of nitrogens with one attached hydrogen (secondary N) is 1. The Labute approximate surface area is 87.9 Å². The number of pyridine rings is 1. The van der Waals surface area contributed by atoms with Crippen LogP contribution in [0.3, 0.4) is 0 Å². The van der Waals surface area contributed by atoms with Crippen molar-refractivity contribution in [2.45, 2.75) is 0 Å². The van der Waals surface area contributed by atoms with E-state index in [4.69, 9.17) is 11.6 Å². The highest BCUT2D eigenvalue weighted by molar-refractivity contribution is 6.32. The highest BCUT2D eigenvalue weighted by Gasteiger charge is 2.06. The Morgan fingerprint density at radius 2 is 2.36 bits per heavy atom. The minimum Gasteiger partial charge on any atom is -0.322 e. The van der Waals surface area contributed by atoms with E-state index >= 15 is 0 Å². The maximum atomic E-state index is 11.3. The van der Waals surface area contributed by atoms with Crippen molar-refractivity contribution in [3.05, 3.63) is 23.5 Å². The Morgan fingerprint density at radius 3 is 2.93 bits per heavy atom. The van der Waals surface area contributed by atoms with Gasteiger partial charge in [0.15, 0.2) is 5.15 Å². The van der Waals surface area contributed by atoms with Crippen LogP contribution in [0.1, 0.15) is 0 Å². The molecule has 4 nitrogen and oxygen atoms in total. The molecule has 0 aliphatic heterocycles. The summed E-state index contributed by atoms with van der Waals surface area (Å²) in [5, 5.41) is 2.97. The van der Waals surface area contributed by atoms with Gasteiger partial charge in [-0.3, -0.25) is 4.79 Å². The molecule has 5 heteroatoms. The minimum atomic E-state index is -0.107. The molecule has 0 radical (unpaired) electrons. The summed E-state index contributed by atoms with van der Waals surface area (Å²) >= 11 is 5.77. The third-order valence-corrected chi connectivity index (χ3v) is 1.79. The van der Waals surface area contributed by atoms with Crippen LogP contribution < -0.4 is 5.32 Å². The van der Waals surface area contributed by atoms with Crippen LogP contribution in [-0.4, -0.2) is 36.4 Å². The fraction of sp³-hybridized carbons (Fsp3) is 0.333. The molecule has 1 heterocycles. The van der Waals surface area contributed by atoms with E-state index < -0.39 is 0 Å². The normalized spacial score (nSPS) is 10.3. The van der Waals surface area contributed by atoms with Crippen LogP contribution in [-0.2, 0) is 4.79 Å². The Hall–Kier alpha value is -1.13.